The third kappa shape index (κ3) is 9.23. The number of nitrogens with zero attached hydrogens (tertiary/aromatic N) is 3. The zero-order valence-electron chi connectivity index (χ0n) is 30.9. The van der Waals surface area contributed by atoms with Crippen LogP contribution in [0.5, 0.6) is 17.2 Å². The van der Waals surface area contributed by atoms with Crippen LogP contribution in [0.15, 0.2) is 67.0 Å². The molecular weight excluding hydrogens is 703 g/mol. The van der Waals surface area contributed by atoms with Gasteiger partial charge in [-0.15, -0.1) is 0 Å². The number of hydrogen-bond acceptors (Lipinski definition) is 8. The number of ether oxygens (including phenoxy) is 3. The molecule has 7 rings (SSSR count). The van der Waals surface area contributed by atoms with Gasteiger partial charge in [0.2, 0.25) is 0 Å². The van der Waals surface area contributed by atoms with Gasteiger partial charge in [-0.3, -0.25) is 9.78 Å². The van der Waals surface area contributed by atoms with E-state index in [9.17, 15) is 14.4 Å². The van der Waals surface area contributed by atoms with E-state index in [1.54, 1.807) is 12.3 Å². The molecule has 1 N–H and O–H groups in total. The van der Waals surface area contributed by atoms with Gasteiger partial charge < -0.3 is 24.4 Å². The minimum absolute atomic E-state index is 0.187. The van der Waals surface area contributed by atoms with E-state index in [4.69, 9.17) is 25.8 Å². The van der Waals surface area contributed by atoms with Gasteiger partial charge in [0.05, 0.1) is 17.2 Å². The Balaban J connectivity index is 1.05. The van der Waals surface area contributed by atoms with Crippen molar-refractivity contribution in [1.29, 1.82) is 5.26 Å². The lowest BCUT2D eigenvalue weighted by atomic mass is 9.93. The first-order valence-corrected chi connectivity index (χ1v) is 19.6. The van der Waals surface area contributed by atoms with Crippen molar-refractivity contribution in [2.45, 2.75) is 83.7 Å². The number of piperidine rings is 1. The number of hydrogen-bond donors (Lipinski definition) is 1. The summed E-state index contributed by atoms with van der Waals surface area (Å²) in [6.07, 6.45) is 8.42. The average molecular weight is 751 g/mol. The van der Waals surface area contributed by atoms with Crippen molar-refractivity contribution in [3.05, 3.63) is 105 Å². The van der Waals surface area contributed by atoms with Gasteiger partial charge in [-0.2, -0.15) is 5.26 Å². The van der Waals surface area contributed by atoms with E-state index in [2.05, 4.69) is 58.5 Å². The number of halogens is 2. The topological polar surface area (TPSA) is 96.7 Å². The molecule has 0 spiro atoms. The van der Waals surface area contributed by atoms with E-state index in [0.717, 1.165) is 85.4 Å². The molecule has 8 nitrogen and oxygen atoms in total. The fourth-order valence-corrected chi connectivity index (χ4v) is 8.24. The molecule has 2 fully saturated rings. The Morgan fingerprint density at radius 1 is 0.981 bits per heavy atom. The lowest BCUT2D eigenvalue weighted by Crippen LogP contribution is -2.35. The summed E-state index contributed by atoms with van der Waals surface area (Å²) in [6.45, 7) is 6.81. The smallest absolute Gasteiger partial charge is 0.142 e. The number of fused-ring (bicyclic) bond motifs is 1. The van der Waals surface area contributed by atoms with Gasteiger partial charge in [-0.25, -0.2) is 4.39 Å². The first kappa shape index (κ1) is 37.8. The molecule has 0 unspecified atom stereocenters. The Kier molecular flexibility index (Phi) is 12.4. The van der Waals surface area contributed by atoms with Crippen molar-refractivity contribution < 1.29 is 23.4 Å². The van der Waals surface area contributed by atoms with Crippen LogP contribution in [0.1, 0.15) is 84.4 Å². The molecule has 3 aliphatic rings. The maximum absolute atomic E-state index is 13.5. The number of likely N-dealkylation sites (tertiary alicyclic amines) is 1. The van der Waals surface area contributed by atoms with Crippen LogP contribution in [-0.2, 0) is 24.4 Å². The van der Waals surface area contributed by atoms with Crippen LogP contribution in [0.4, 0.5) is 4.39 Å². The van der Waals surface area contributed by atoms with Crippen molar-refractivity contribution >= 4 is 17.4 Å². The molecule has 1 aliphatic heterocycles. The highest BCUT2D eigenvalue weighted by Crippen LogP contribution is 2.44. The maximum Gasteiger partial charge on any atom is 0.142 e. The summed E-state index contributed by atoms with van der Waals surface area (Å²) in [5.41, 5.74) is 7.99. The average Bonchev–Trinajstić information content (AvgIpc) is 3.80. The summed E-state index contributed by atoms with van der Waals surface area (Å²) in [7, 11) is 0. The van der Waals surface area contributed by atoms with Crippen LogP contribution >= 0.6 is 11.6 Å². The number of benzene rings is 3. The molecule has 10 heteroatoms. The lowest BCUT2D eigenvalue weighted by Gasteiger charge is -2.28. The molecule has 1 aromatic heterocycles. The van der Waals surface area contributed by atoms with Gasteiger partial charge in [-0.05, 0) is 104 Å². The first-order valence-electron chi connectivity index (χ1n) is 19.2. The predicted molar refractivity (Wildman–Crippen MR) is 208 cm³/mol. The van der Waals surface area contributed by atoms with Crippen molar-refractivity contribution in [2.75, 3.05) is 32.8 Å². The van der Waals surface area contributed by atoms with Gasteiger partial charge in [0.15, 0.2) is 0 Å². The zero-order valence-corrected chi connectivity index (χ0v) is 31.7. The highest BCUT2D eigenvalue weighted by atomic mass is 35.5. The Morgan fingerprint density at radius 2 is 1.81 bits per heavy atom. The Hall–Kier alpha value is -4.49. The standard InChI is InChI=1S/C44H48ClFN4O4/c1-29-36(5-3-8-41(29)52-18-4-15-50-16-13-34(46)14-17-50)37-6-2-7-39-38(37)11-12-42(39)54-44-22-43(53-28-32-19-31(23-47)25-48-26-32)33(21-40(44)45)27-49-24-30-9-10-35(51)20-30/h2-3,5-8,19,21-22,25-26,30,34,42,49H,4,9-18,20,24,27-28H2,1H3/t30-,42+/m1/s1. The number of aromatic nitrogens is 1. The van der Waals surface area contributed by atoms with Crippen molar-refractivity contribution in [2.24, 2.45) is 5.92 Å². The minimum atomic E-state index is -0.653. The van der Waals surface area contributed by atoms with Crippen molar-refractivity contribution in [1.82, 2.24) is 15.2 Å². The summed E-state index contributed by atoms with van der Waals surface area (Å²) >= 11 is 6.93. The monoisotopic (exact) mass is 750 g/mol. The molecule has 0 radical (unpaired) electrons. The van der Waals surface area contributed by atoms with Crippen LogP contribution in [0.25, 0.3) is 11.1 Å². The van der Waals surface area contributed by atoms with E-state index < -0.39 is 6.17 Å². The number of nitrogens with one attached hydrogen (secondary N) is 1. The first-order chi connectivity index (χ1) is 26.3. The summed E-state index contributed by atoms with van der Waals surface area (Å²) in [4.78, 5) is 18.3. The van der Waals surface area contributed by atoms with Gasteiger partial charge in [-0.1, -0.05) is 41.9 Å². The molecule has 282 valence electrons. The van der Waals surface area contributed by atoms with Crippen LogP contribution < -0.4 is 19.5 Å². The second kappa shape index (κ2) is 17.8. The normalized spacial score (nSPS) is 18.7. The second-order valence-electron chi connectivity index (χ2n) is 14.8. The number of nitriles is 1. The molecule has 4 aromatic rings. The molecule has 2 atom stereocenters. The van der Waals surface area contributed by atoms with Crippen LogP contribution in [-0.4, -0.2) is 54.6 Å². The molecule has 0 bridgehead atoms. The third-order valence-corrected chi connectivity index (χ3v) is 11.3. The predicted octanol–water partition coefficient (Wildman–Crippen LogP) is 8.89. The maximum atomic E-state index is 13.5. The van der Waals surface area contributed by atoms with E-state index in [1.807, 2.05) is 18.2 Å². The van der Waals surface area contributed by atoms with Gasteiger partial charge >= 0.3 is 0 Å². The molecular formula is C44H48ClFN4O4. The lowest BCUT2D eigenvalue weighted by molar-refractivity contribution is -0.117. The molecule has 2 aliphatic carbocycles. The summed E-state index contributed by atoms with van der Waals surface area (Å²) in [5, 5.41) is 13.4. The Labute approximate surface area is 322 Å². The Bertz CT molecular complexity index is 1990. The number of alkyl halides is 1. The molecule has 3 aromatic carbocycles. The molecule has 2 heterocycles. The van der Waals surface area contributed by atoms with Crippen molar-refractivity contribution in [3.8, 4) is 34.4 Å². The number of Topliss-reactive ketones (excluding diaryl/α,β-unsaturated/α-hetero) is 1. The molecule has 54 heavy (non-hydrogen) atoms. The minimum Gasteiger partial charge on any atom is -0.493 e. The van der Waals surface area contributed by atoms with E-state index in [0.29, 0.717) is 72.6 Å². The van der Waals surface area contributed by atoms with E-state index in [-0.39, 0.29) is 12.7 Å². The quantitative estimate of drug-likeness (QED) is 0.120. The highest BCUT2D eigenvalue weighted by molar-refractivity contribution is 6.32. The fourth-order valence-electron chi connectivity index (χ4n) is 8.01. The summed E-state index contributed by atoms with van der Waals surface area (Å²) < 4.78 is 32.9. The number of ketones is 1. The van der Waals surface area contributed by atoms with Crippen LogP contribution in [0.2, 0.25) is 5.02 Å². The Morgan fingerprint density at radius 3 is 2.63 bits per heavy atom. The second-order valence-corrected chi connectivity index (χ2v) is 15.2. The van der Waals surface area contributed by atoms with Crippen LogP contribution in [0, 0.1) is 24.2 Å². The fraction of sp³-hybridized carbons (Fsp3) is 0.432. The van der Waals surface area contributed by atoms with Gasteiger partial charge in [0, 0.05) is 68.6 Å². The number of carbonyl (C=O) groups is 1. The van der Waals surface area contributed by atoms with E-state index in [1.165, 1.54) is 17.3 Å². The highest BCUT2D eigenvalue weighted by Gasteiger charge is 2.29. The number of rotatable bonds is 15. The third-order valence-electron chi connectivity index (χ3n) is 11.0. The molecule has 1 saturated heterocycles. The van der Waals surface area contributed by atoms with E-state index >= 15 is 0 Å². The number of carbonyl (C=O) groups excluding carboxylic acids is 1. The SMILES string of the molecule is Cc1c(OCCCN2CCC(F)CC2)cccc1-c1cccc2c1CC[C@@H]2Oc1cc(OCc2cncc(C#N)c2)c(CNC[C@@H]2CCC(=O)C2)cc1Cl. The summed E-state index contributed by atoms with van der Waals surface area (Å²) in [6, 6.07) is 20.3. The molecule has 1 saturated carbocycles. The molecule has 0 amide bonds. The van der Waals surface area contributed by atoms with Crippen molar-refractivity contribution in [3.63, 3.8) is 0 Å². The summed E-state index contributed by atoms with van der Waals surface area (Å²) in [5.74, 6) is 2.74. The van der Waals surface area contributed by atoms with Crippen LogP contribution in [0.3, 0.4) is 0 Å². The number of pyridine rings is 1. The largest absolute Gasteiger partial charge is 0.493 e. The van der Waals surface area contributed by atoms with Gasteiger partial charge in [0.1, 0.15) is 48.0 Å². The van der Waals surface area contributed by atoms with Gasteiger partial charge in [0.25, 0.3) is 0 Å². The zero-order chi connectivity index (χ0) is 37.4.